The highest BCUT2D eigenvalue weighted by atomic mass is 79.9. The summed E-state index contributed by atoms with van der Waals surface area (Å²) in [5.41, 5.74) is 0.975. The second-order valence-corrected chi connectivity index (χ2v) is 9.46. The predicted octanol–water partition coefficient (Wildman–Crippen LogP) is 3.70. The van der Waals surface area contributed by atoms with E-state index in [1.54, 1.807) is 12.1 Å². The van der Waals surface area contributed by atoms with Crippen molar-refractivity contribution in [2.24, 2.45) is 0 Å². The quantitative estimate of drug-likeness (QED) is 0.721. The van der Waals surface area contributed by atoms with E-state index in [2.05, 4.69) is 36.6 Å². The Hall–Kier alpha value is -0.900. The molecule has 2 N–H and O–H groups in total. The summed E-state index contributed by atoms with van der Waals surface area (Å²) in [6, 6.07) is 7.72. The highest BCUT2D eigenvalue weighted by molar-refractivity contribution is 9.12. The number of anilines is 1. The van der Waals surface area contributed by atoms with E-state index in [0.717, 1.165) is 0 Å². The Morgan fingerprint density at radius 2 is 1.86 bits per heavy atom. The molecule has 0 saturated heterocycles. The van der Waals surface area contributed by atoms with Gasteiger partial charge < -0.3 is 5.11 Å². The molecule has 0 aliphatic heterocycles. The minimum atomic E-state index is -3.69. The van der Waals surface area contributed by atoms with E-state index in [1.165, 1.54) is 29.5 Å². The van der Waals surface area contributed by atoms with Crippen LogP contribution < -0.4 is 4.72 Å². The summed E-state index contributed by atoms with van der Waals surface area (Å²) in [6.07, 6.45) is -0.101. The van der Waals surface area contributed by atoms with Crippen LogP contribution in [-0.4, -0.2) is 19.5 Å². The molecule has 0 saturated carbocycles. The predicted molar refractivity (Wildman–Crippen MR) is 88.3 cm³/mol. The average Bonchev–Trinajstić information content (AvgIpc) is 2.71. The van der Waals surface area contributed by atoms with E-state index < -0.39 is 16.0 Å². The molecule has 2 aromatic rings. The van der Waals surface area contributed by atoms with Gasteiger partial charge in [-0.05, 0) is 55.6 Å². The molecule has 112 valence electrons. The number of hydrogen-bond acceptors (Lipinski definition) is 4. The van der Waals surface area contributed by atoms with Gasteiger partial charge in [0.25, 0.3) is 10.0 Å². The van der Waals surface area contributed by atoms with Crippen molar-refractivity contribution < 1.29 is 18.3 Å². The van der Waals surface area contributed by atoms with E-state index in [4.69, 9.17) is 5.11 Å². The van der Waals surface area contributed by atoms with Crippen molar-refractivity contribution >= 4 is 64.9 Å². The lowest BCUT2D eigenvalue weighted by Crippen LogP contribution is -2.12. The number of nitrogens with one attached hydrogen (secondary N) is 1. The molecule has 0 bridgehead atoms. The lowest BCUT2D eigenvalue weighted by Gasteiger charge is -2.07. The van der Waals surface area contributed by atoms with Gasteiger partial charge in [0.2, 0.25) is 0 Å². The van der Waals surface area contributed by atoms with Crippen molar-refractivity contribution in [1.29, 1.82) is 0 Å². The second-order valence-electron chi connectivity index (χ2n) is 4.06. The number of sulfonamides is 1. The van der Waals surface area contributed by atoms with Gasteiger partial charge in [-0.1, -0.05) is 12.1 Å². The molecule has 9 heteroatoms. The summed E-state index contributed by atoms with van der Waals surface area (Å²) >= 11 is 7.71. The highest BCUT2D eigenvalue weighted by Gasteiger charge is 2.20. The van der Waals surface area contributed by atoms with Gasteiger partial charge in [-0.3, -0.25) is 9.52 Å². The Labute approximate surface area is 142 Å². The monoisotopic (exact) mass is 453 g/mol. The number of aliphatic carboxylic acids is 1. The molecule has 21 heavy (non-hydrogen) atoms. The van der Waals surface area contributed by atoms with E-state index in [9.17, 15) is 13.2 Å². The normalized spacial score (nSPS) is 11.3. The fraction of sp³-hybridized carbons (Fsp3) is 0.0833. The maximum Gasteiger partial charge on any atom is 0.307 e. The lowest BCUT2D eigenvalue weighted by atomic mass is 10.1. The molecule has 0 spiro atoms. The third kappa shape index (κ3) is 4.29. The van der Waals surface area contributed by atoms with Crippen LogP contribution >= 0.6 is 43.2 Å². The van der Waals surface area contributed by atoms with Gasteiger partial charge in [-0.2, -0.15) is 0 Å². The second kappa shape index (κ2) is 6.47. The summed E-state index contributed by atoms with van der Waals surface area (Å²) in [7, 11) is -3.69. The first kappa shape index (κ1) is 16.5. The third-order valence-corrected chi connectivity index (χ3v) is 6.61. The van der Waals surface area contributed by atoms with Gasteiger partial charge in [0.05, 0.1) is 14.0 Å². The number of thiophene rings is 1. The SMILES string of the molecule is O=C(O)Cc1ccc(NS(=O)(=O)c2cc(Br)sc2Br)cc1. The molecule has 0 atom stereocenters. The lowest BCUT2D eigenvalue weighted by molar-refractivity contribution is -0.136. The Bertz CT molecular complexity index is 769. The van der Waals surface area contributed by atoms with E-state index in [-0.39, 0.29) is 11.3 Å². The van der Waals surface area contributed by atoms with Crippen LogP contribution in [0, 0.1) is 0 Å². The molecule has 0 amide bonds. The number of halogens is 2. The van der Waals surface area contributed by atoms with Crippen LogP contribution in [0.25, 0.3) is 0 Å². The minimum Gasteiger partial charge on any atom is -0.481 e. The average molecular weight is 455 g/mol. The molecule has 2 rings (SSSR count). The van der Waals surface area contributed by atoms with Crippen LogP contribution in [0.2, 0.25) is 0 Å². The molecule has 0 radical (unpaired) electrons. The number of carboxylic acid groups (broad SMARTS) is 1. The number of carbonyl (C=O) groups is 1. The molecule has 0 unspecified atom stereocenters. The largest absolute Gasteiger partial charge is 0.481 e. The Kier molecular flexibility index (Phi) is 5.07. The standard InChI is InChI=1S/C12H9Br2NO4S2/c13-10-6-9(12(14)20-10)21(18,19)15-8-3-1-7(2-4-8)5-11(16)17/h1-4,6,15H,5H2,(H,16,17). The van der Waals surface area contributed by atoms with E-state index in [0.29, 0.717) is 18.8 Å². The summed E-state index contributed by atoms with van der Waals surface area (Å²) in [5.74, 6) is -0.935. The molecule has 0 fully saturated rings. The summed E-state index contributed by atoms with van der Waals surface area (Å²) in [6.45, 7) is 0. The Morgan fingerprint density at radius 3 is 2.33 bits per heavy atom. The molecular weight excluding hydrogens is 446 g/mol. The summed E-state index contributed by atoms with van der Waals surface area (Å²) in [5, 5.41) is 8.68. The first-order valence-corrected chi connectivity index (χ1v) is 9.45. The maximum absolute atomic E-state index is 12.2. The first-order valence-electron chi connectivity index (χ1n) is 5.56. The van der Waals surface area contributed by atoms with Gasteiger partial charge in [-0.25, -0.2) is 8.42 Å². The zero-order valence-electron chi connectivity index (χ0n) is 10.3. The summed E-state index contributed by atoms with van der Waals surface area (Å²) < 4.78 is 28.2. The minimum absolute atomic E-state index is 0.101. The molecule has 1 heterocycles. The smallest absolute Gasteiger partial charge is 0.307 e. The van der Waals surface area contributed by atoms with Crippen LogP contribution in [0.4, 0.5) is 5.69 Å². The van der Waals surface area contributed by atoms with Crippen molar-refractivity contribution in [1.82, 2.24) is 0 Å². The molecule has 0 aliphatic rings. The zero-order valence-corrected chi connectivity index (χ0v) is 15.1. The van der Waals surface area contributed by atoms with Crippen molar-refractivity contribution in [3.63, 3.8) is 0 Å². The zero-order chi connectivity index (χ0) is 15.6. The van der Waals surface area contributed by atoms with Crippen molar-refractivity contribution in [2.75, 3.05) is 4.72 Å². The Balaban J connectivity index is 2.21. The maximum atomic E-state index is 12.2. The molecule has 5 nitrogen and oxygen atoms in total. The van der Waals surface area contributed by atoms with E-state index >= 15 is 0 Å². The molecule has 1 aromatic carbocycles. The van der Waals surface area contributed by atoms with Crippen LogP contribution in [0.3, 0.4) is 0 Å². The molecular formula is C12H9Br2NO4S2. The van der Waals surface area contributed by atoms with Gasteiger partial charge >= 0.3 is 5.97 Å². The van der Waals surface area contributed by atoms with Crippen LogP contribution in [0.15, 0.2) is 42.8 Å². The first-order chi connectivity index (χ1) is 9.78. The van der Waals surface area contributed by atoms with Crippen LogP contribution in [0.1, 0.15) is 5.56 Å². The fourth-order valence-corrected chi connectivity index (χ4v) is 6.46. The van der Waals surface area contributed by atoms with Crippen molar-refractivity contribution in [2.45, 2.75) is 11.3 Å². The summed E-state index contributed by atoms with van der Waals surface area (Å²) in [4.78, 5) is 10.7. The number of hydrogen-bond donors (Lipinski definition) is 2. The van der Waals surface area contributed by atoms with E-state index in [1.807, 2.05) is 0 Å². The van der Waals surface area contributed by atoms with Gasteiger partial charge in [0.1, 0.15) is 4.90 Å². The van der Waals surface area contributed by atoms with Crippen LogP contribution in [-0.2, 0) is 21.2 Å². The Morgan fingerprint density at radius 1 is 1.24 bits per heavy atom. The third-order valence-electron chi connectivity index (χ3n) is 2.48. The topological polar surface area (TPSA) is 83.5 Å². The van der Waals surface area contributed by atoms with Gasteiger partial charge in [0, 0.05) is 5.69 Å². The van der Waals surface area contributed by atoms with Crippen molar-refractivity contribution in [3.8, 4) is 0 Å². The number of rotatable bonds is 5. The van der Waals surface area contributed by atoms with Gasteiger partial charge in [-0.15, -0.1) is 11.3 Å². The molecule has 0 aliphatic carbocycles. The van der Waals surface area contributed by atoms with Crippen molar-refractivity contribution in [3.05, 3.63) is 43.5 Å². The highest BCUT2D eigenvalue weighted by Crippen LogP contribution is 2.35. The number of carboxylic acids is 1. The number of benzene rings is 1. The molecule has 1 aromatic heterocycles. The van der Waals surface area contributed by atoms with Crippen LogP contribution in [0.5, 0.6) is 0 Å². The van der Waals surface area contributed by atoms with Gasteiger partial charge in [0.15, 0.2) is 0 Å². The fourth-order valence-electron chi connectivity index (χ4n) is 1.58.